The lowest BCUT2D eigenvalue weighted by Gasteiger charge is -2.29. The lowest BCUT2D eigenvalue weighted by Crippen LogP contribution is -2.37. The number of hydrogen-bond acceptors (Lipinski definition) is 6. The zero-order valence-electron chi connectivity index (χ0n) is 17.1. The second-order valence-corrected chi connectivity index (χ2v) is 7.61. The van der Waals surface area contributed by atoms with Gasteiger partial charge >= 0.3 is 0 Å². The van der Waals surface area contributed by atoms with Crippen molar-refractivity contribution >= 4 is 23.2 Å². The van der Waals surface area contributed by atoms with Gasteiger partial charge in [-0.15, -0.1) is 0 Å². The number of anilines is 2. The smallest absolute Gasteiger partial charge is 0.266 e. The Balaban J connectivity index is 1.57. The van der Waals surface area contributed by atoms with Gasteiger partial charge in [0.1, 0.15) is 11.7 Å². The lowest BCUT2D eigenvalue weighted by atomic mass is 9.91. The van der Waals surface area contributed by atoms with Crippen LogP contribution in [0, 0.1) is 12.8 Å². The van der Waals surface area contributed by atoms with Crippen molar-refractivity contribution in [3.8, 4) is 5.75 Å². The molecule has 31 heavy (non-hydrogen) atoms. The zero-order chi connectivity index (χ0) is 21.5. The molecular formula is C24H21N3O4. The van der Waals surface area contributed by atoms with E-state index < -0.39 is 18.1 Å². The molecule has 156 valence electrons. The minimum atomic E-state index is -0.903. The third-order valence-electron chi connectivity index (χ3n) is 5.82. The van der Waals surface area contributed by atoms with Crippen LogP contribution in [0.2, 0.25) is 0 Å². The molecule has 7 heteroatoms. The maximum Gasteiger partial charge on any atom is 0.266 e. The minimum Gasteiger partial charge on any atom is -0.497 e. The van der Waals surface area contributed by atoms with Gasteiger partial charge in [-0.05, 0) is 54.4 Å². The van der Waals surface area contributed by atoms with Crippen molar-refractivity contribution < 1.29 is 19.2 Å². The molecule has 2 amide bonds. The molecule has 7 nitrogen and oxygen atoms in total. The van der Waals surface area contributed by atoms with E-state index in [9.17, 15) is 9.59 Å². The maximum atomic E-state index is 13.5. The van der Waals surface area contributed by atoms with Gasteiger partial charge in [-0.25, -0.2) is 9.96 Å². The van der Waals surface area contributed by atoms with Crippen LogP contribution in [0.4, 0.5) is 11.4 Å². The van der Waals surface area contributed by atoms with E-state index in [1.165, 1.54) is 4.90 Å². The number of para-hydroxylation sites is 1. The van der Waals surface area contributed by atoms with Crippen molar-refractivity contribution in [2.45, 2.75) is 19.1 Å². The van der Waals surface area contributed by atoms with Crippen molar-refractivity contribution in [2.24, 2.45) is 5.92 Å². The van der Waals surface area contributed by atoms with Crippen LogP contribution in [0.5, 0.6) is 5.75 Å². The first-order valence-corrected chi connectivity index (χ1v) is 10.0. The number of hydrogen-bond donors (Lipinski definition) is 0. The van der Waals surface area contributed by atoms with Crippen molar-refractivity contribution in [1.82, 2.24) is 4.98 Å². The van der Waals surface area contributed by atoms with Crippen molar-refractivity contribution in [2.75, 3.05) is 17.1 Å². The van der Waals surface area contributed by atoms with E-state index in [1.54, 1.807) is 48.8 Å². The first-order chi connectivity index (χ1) is 15.1. The number of aryl methyl sites for hydroxylation is 1. The summed E-state index contributed by atoms with van der Waals surface area (Å²) in [5.41, 5.74) is 3.13. The number of ether oxygens (including phenoxy) is 1. The SMILES string of the molecule is COc1ccc(N2C(=O)C3ON(c4ccccc4C)C(c4cccnc4)C3C2=O)cc1. The van der Waals surface area contributed by atoms with Gasteiger partial charge in [0, 0.05) is 12.4 Å². The molecule has 0 N–H and O–H groups in total. The van der Waals surface area contributed by atoms with E-state index in [0.717, 1.165) is 16.8 Å². The molecule has 0 saturated carbocycles. The number of amides is 2. The zero-order valence-corrected chi connectivity index (χ0v) is 17.1. The molecule has 0 aliphatic carbocycles. The highest BCUT2D eigenvalue weighted by atomic mass is 16.7. The topological polar surface area (TPSA) is 72.0 Å². The van der Waals surface area contributed by atoms with E-state index in [4.69, 9.17) is 9.57 Å². The highest BCUT2D eigenvalue weighted by Gasteiger charge is 2.60. The molecule has 2 saturated heterocycles. The molecule has 3 atom stereocenters. The number of aromatic nitrogens is 1. The van der Waals surface area contributed by atoms with Crippen LogP contribution in [-0.2, 0) is 14.4 Å². The number of hydroxylamine groups is 1. The van der Waals surface area contributed by atoms with Crippen molar-refractivity contribution in [3.63, 3.8) is 0 Å². The van der Waals surface area contributed by atoms with Gasteiger partial charge in [-0.1, -0.05) is 24.3 Å². The first-order valence-electron chi connectivity index (χ1n) is 10.0. The quantitative estimate of drug-likeness (QED) is 0.608. The Morgan fingerprint density at radius 3 is 2.42 bits per heavy atom. The Morgan fingerprint density at radius 2 is 1.74 bits per heavy atom. The van der Waals surface area contributed by atoms with Crippen LogP contribution in [0.3, 0.4) is 0 Å². The molecule has 2 aliphatic rings. The van der Waals surface area contributed by atoms with E-state index in [1.807, 2.05) is 43.3 Å². The Kier molecular flexibility index (Phi) is 4.67. The number of carbonyl (C=O) groups is 2. The fourth-order valence-corrected chi connectivity index (χ4v) is 4.31. The average molecular weight is 415 g/mol. The largest absolute Gasteiger partial charge is 0.497 e. The number of benzene rings is 2. The molecule has 2 fully saturated rings. The van der Waals surface area contributed by atoms with Crippen molar-refractivity contribution in [3.05, 3.63) is 84.2 Å². The number of fused-ring (bicyclic) bond motifs is 1. The molecule has 2 aromatic carbocycles. The summed E-state index contributed by atoms with van der Waals surface area (Å²) >= 11 is 0. The van der Waals surface area contributed by atoms with Crippen LogP contribution in [-0.4, -0.2) is 30.0 Å². The van der Waals surface area contributed by atoms with E-state index in [-0.39, 0.29) is 11.8 Å². The standard InChI is InChI=1S/C24H21N3O4/c1-15-6-3-4-8-19(15)27-21(16-7-5-13-25-14-16)20-22(31-27)24(29)26(23(20)28)17-9-11-18(30-2)12-10-17/h3-14,20-22H,1-2H3. The summed E-state index contributed by atoms with van der Waals surface area (Å²) in [4.78, 5) is 38.5. The van der Waals surface area contributed by atoms with Crippen molar-refractivity contribution in [1.29, 1.82) is 0 Å². The monoisotopic (exact) mass is 415 g/mol. The van der Waals surface area contributed by atoms with Gasteiger partial charge in [-0.3, -0.25) is 19.4 Å². The number of carbonyl (C=O) groups excluding carboxylic acids is 2. The predicted octanol–water partition coefficient (Wildman–Crippen LogP) is 3.45. The predicted molar refractivity (Wildman–Crippen MR) is 114 cm³/mol. The molecule has 5 rings (SSSR count). The summed E-state index contributed by atoms with van der Waals surface area (Å²) in [6.45, 7) is 1.97. The highest BCUT2D eigenvalue weighted by Crippen LogP contribution is 2.48. The number of imide groups is 1. The lowest BCUT2D eigenvalue weighted by molar-refractivity contribution is -0.126. The summed E-state index contributed by atoms with van der Waals surface area (Å²) in [6.07, 6.45) is 2.50. The summed E-state index contributed by atoms with van der Waals surface area (Å²) < 4.78 is 5.18. The second kappa shape index (κ2) is 7.52. The second-order valence-electron chi connectivity index (χ2n) is 7.61. The third kappa shape index (κ3) is 3.05. The summed E-state index contributed by atoms with van der Waals surface area (Å²) in [5, 5.41) is 1.70. The van der Waals surface area contributed by atoms with Crippen LogP contribution in [0.25, 0.3) is 0 Å². The number of nitrogens with zero attached hydrogens (tertiary/aromatic N) is 3. The van der Waals surface area contributed by atoms with E-state index in [2.05, 4.69) is 4.98 Å². The number of methoxy groups -OCH3 is 1. The van der Waals surface area contributed by atoms with Gasteiger partial charge in [-0.2, -0.15) is 0 Å². The summed E-state index contributed by atoms with van der Waals surface area (Å²) in [6, 6.07) is 17.9. The molecule has 2 aliphatic heterocycles. The fraction of sp³-hybridized carbons (Fsp3) is 0.208. The van der Waals surface area contributed by atoms with Gasteiger partial charge in [0.05, 0.1) is 24.5 Å². The normalized spacial score (nSPS) is 22.7. The molecule has 3 heterocycles. The van der Waals surface area contributed by atoms with Gasteiger partial charge < -0.3 is 4.74 Å². The Bertz CT molecular complexity index is 1130. The van der Waals surface area contributed by atoms with Gasteiger partial charge in [0.25, 0.3) is 5.91 Å². The number of pyridine rings is 1. The van der Waals surface area contributed by atoms with E-state index >= 15 is 0 Å². The van der Waals surface area contributed by atoms with Crippen LogP contribution < -0.4 is 14.7 Å². The molecule has 0 radical (unpaired) electrons. The Labute approximate surface area is 179 Å². The third-order valence-corrected chi connectivity index (χ3v) is 5.82. The highest BCUT2D eigenvalue weighted by molar-refractivity contribution is 6.23. The molecule has 0 bridgehead atoms. The van der Waals surface area contributed by atoms with Crippen LogP contribution in [0.1, 0.15) is 17.2 Å². The first kappa shape index (κ1) is 19.3. The Hall–Kier alpha value is -3.71. The van der Waals surface area contributed by atoms with Crippen LogP contribution in [0.15, 0.2) is 73.1 Å². The van der Waals surface area contributed by atoms with Gasteiger partial charge in [0.2, 0.25) is 5.91 Å². The molecule has 1 aromatic heterocycles. The molecule has 3 aromatic rings. The van der Waals surface area contributed by atoms with Gasteiger partial charge in [0.15, 0.2) is 6.10 Å². The Morgan fingerprint density at radius 1 is 0.968 bits per heavy atom. The molecular weight excluding hydrogens is 394 g/mol. The van der Waals surface area contributed by atoms with Crippen LogP contribution >= 0.6 is 0 Å². The fourth-order valence-electron chi connectivity index (χ4n) is 4.31. The minimum absolute atomic E-state index is 0.287. The maximum absolute atomic E-state index is 13.5. The summed E-state index contributed by atoms with van der Waals surface area (Å²) in [5.74, 6) is -0.688. The van der Waals surface area contributed by atoms with E-state index in [0.29, 0.717) is 11.4 Å². The average Bonchev–Trinajstić information content (AvgIpc) is 3.31. The number of rotatable bonds is 4. The molecule has 0 spiro atoms. The molecule has 3 unspecified atom stereocenters. The summed E-state index contributed by atoms with van der Waals surface area (Å²) in [7, 11) is 1.57.